The molecule has 1 N–H and O–H groups in total. The summed E-state index contributed by atoms with van der Waals surface area (Å²) in [5, 5.41) is 3.52. The van der Waals surface area contributed by atoms with Crippen LogP contribution in [0.25, 0.3) is 0 Å². The Morgan fingerprint density at radius 1 is 1.20 bits per heavy atom. The molecule has 0 unspecified atom stereocenters. The Labute approximate surface area is 61.9 Å². The van der Waals surface area contributed by atoms with E-state index in [1.807, 2.05) is 0 Å². The highest BCUT2D eigenvalue weighted by Crippen LogP contribution is 2.23. The van der Waals surface area contributed by atoms with Crippen molar-refractivity contribution in [2.75, 3.05) is 13.2 Å². The summed E-state index contributed by atoms with van der Waals surface area (Å²) in [6.45, 7) is 2.12. The molecule has 1 saturated heterocycles. The Bertz CT molecular complexity index is 104. The minimum absolute atomic E-state index is 0.544. The van der Waals surface area contributed by atoms with Gasteiger partial charge < -0.3 is 10.1 Å². The number of ether oxygens (including phenoxy) is 1. The van der Waals surface area contributed by atoms with Crippen LogP contribution in [0.5, 0.6) is 0 Å². The van der Waals surface area contributed by atoms with E-state index < -0.39 is 0 Å². The van der Waals surface area contributed by atoms with Gasteiger partial charge in [0.2, 0.25) is 0 Å². The van der Waals surface area contributed by atoms with E-state index in [2.05, 4.69) is 5.32 Å². The third-order valence-corrected chi connectivity index (χ3v) is 2.51. The first-order chi connectivity index (χ1) is 4.97. The summed E-state index contributed by atoms with van der Waals surface area (Å²) >= 11 is 0. The van der Waals surface area contributed by atoms with E-state index in [0.717, 1.165) is 13.2 Å². The van der Waals surface area contributed by atoms with Crippen LogP contribution < -0.4 is 5.32 Å². The molecule has 10 heavy (non-hydrogen) atoms. The van der Waals surface area contributed by atoms with Gasteiger partial charge in [0, 0.05) is 12.6 Å². The highest BCUT2D eigenvalue weighted by atomic mass is 16.5. The van der Waals surface area contributed by atoms with Crippen LogP contribution in [-0.4, -0.2) is 25.3 Å². The minimum Gasteiger partial charge on any atom is -0.377 e. The molecule has 1 aliphatic carbocycles. The van der Waals surface area contributed by atoms with Gasteiger partial charge in [-0.3, -0.25) is 0 Å². The average Bonchev–Trinajstić information content (AvgIpc) is 2.28. The number of rotatable bonds is 0. The summed E-state index contributed by atoms with van der Waals surface area (Å²) in [4.78, 5) is 0. The third kappa shape index (κ3) is 1.18. The summed E-state index contributed by atoms with van der Waals surface area (Å²) in [6, 6.07) is 0.683. The van der Waals surface area contributed by atoms with Crippen LogP contribution in [0.2, 0.25) is 0 Å². The van der Waals surface area contributed by atoms with Gasteiger partial charge in [0.25, 0.3) is 0 Å². The summed E-state index contributed by atoms with van der Waals surface area (Å²) in [7, 11) is 0. The predicted molar refractivity (Wildman–Crippen MR) is 40.0 cm³/mol. The lowest BCUT2D eigenvalue weighted by atomic mass is 10.2. The molecule has 0 aromatic carbocycles. The molecule has 0 bridgehead atoms. The van der Waals surface area contributed by atoms with Crippen molar-refractivity contribution in [3.63, 3.8) is 0 Å². The number of fused-ring (bicyclic) bond motifs is 1. The molecule has 58 valence electrons. The largest absolute Gasteiger partial charge is 0.377 e. The molecule has 0 amide bonds. The number of nitrogens with one attached hydrogen (secondary N) is 1. The molecule has 1 saturated carbocycles. The Morgan fingerprint density at radius 2 is 2.20 bits per heavy atom. The Morgan fingerprint density at radius 3 is 3.20 bits per heavy atom. The zero-order valence-corrected chi connectivity index (χ0v) is 6.31. The van der Waals surface area contributed by atoms with E-state index >= 15 is 0 Å². The fourth-order valence-corrected chi connectivity index (χ4v) is 1.95. The molecule has 0 radical (unpaired) electrons. The predicted octanol–water partition coefficient (Wildman–Crippen LogP) is 0.917. The molecule has 1 heterocycles. The van der Waals surface area contributed by atoms with Gasteiger partial charge in [0.05, 0.1) is 6.10 Å². The highest BCUT2D eigenvalue weighted by molar-refractivity contribution is 4.85. The zero-order valence-electron chi connectivity index (χ0n) is 6.31. The smallest absolute Gasteiger partial charge is 0.0728 e. The van der Waals surface area contributed by atoms with Crippen molar-refractivity contribution in [1.82, 2.24) is 5.32 Å². The van der Waals surface area contributed by atoms with Gasteiger partial charge in [0.15, 0.2) is 0 Å². The van der Waals surface area contributed by atoms with Gasteiger partial charge >= 0.3 is 0 Å². The molecular weight excluding hydrogens is 126 g/mol. The van der Waals surface area contributed by atoms with Crippen LogP contribution in [-0.2, 0) is 4.74 Å². The molecule has 2 rings (SSSR count). The van der Waals surface area contributed by atoms with Gasteiger partial charge in [-0.1, -0.05) is 0 Å². The standard InChI is InChI=1S/C8H15NO/c1-3-7-8(4-1)10-6-2-5-9-7/h7-9H,1-6H2/t7-,8+/m0/s1. The lowest BCUT2D eigenvalue weighted by Crippen LogP contribution is -2.34. The third-order valence-electron chi connectivity index (χ3n) is 2.51. The van der Waals surface area contributed by atoms with Crippen molar-refractivity contribution in [3.05, 3.63) is 0 Å². The van der Waals surface area contributed by atoms with E-state index in [1.54, 1.807) is 0 Å². The van der Waals surface area contributed by atoms with Crippen LogP contribution in [0, 0.1) is 0 Å². The maximum absolute atomic E-state index is 5.66. The lowest BCUT2D eigenvalue weighted by molar-refractivity contribution is 0.0562. The number of hydrogen-bond acceptors (Lipinski definition) is 2. The van der Waals surface area contributed by atoms with Crippen molar-refractivity contribution in [1.29, 1.82) is 0 Å². The second kappa shape index (κ2) is 2.89. The first-order valence-corrected chi connectivity index (χ1v) is 4.32. The molecule has 2 fully saturated rings. The molecule has 0 spiro atoms. The maximum Gasteiger partial charge on any atom is 0.0728 e. The van der Waals surface area contributed by atoms with Crippen LogP contribution in [0.4, 0.5) is 0 Å². The summed E-state index contributed by atoms with van der Waals surface area (Å²) < 4.78 is 5.66. The zero-order chi connectivity index (χ0) is 6.81. The topological polar surface area (TPSA) is 21.3 Å². The van der Waals surface area contributed by atoms with Gasteiger partial charge in [-0.25, -0.2) is 0 Å². The average molecular weight is 141 g/mol. The molecule has 1 aliphatic heterocycles. The molecular formula is C8H15NO. The van der Waals surface area contributed by atoms with Gasteiger partial charge in [-0.15, -0.1) is 0 Å². The van der Waals surface area contributed by atoms with Crippen molar-refractivity contribution >= 4 is 0 Å². The fraction of sp³-hybridized carbons (Fsp3) is 1.00. The molecule has 2 atom stereocenters. The molecule has 0 aromatic heterocycles. The van der Waals surface area contributed by atoms with Crippen molar-refractivity contribution < 1.29 is 4.74 Å². The van der Waals surface area contributed by atoms with E-state index in [4.69, 9.17) is 4.74 Å². The fourth-order valence-electron chi connectivity index (χ4n) is 1.95. The summed E-state index contributed by atoms with van der Waals surface area (Å²) in [5.74, 6) is 0. The van der Waals surface area contributed by atoms with E-state index in [1.165, 1.54) is 25.7 Å². The number of hydrogen-bond donors (Lipinski definition) is 1. The first-order valence-electron chi connectivity index (χ1n) is 4.32. The second-order valence-electron chi connectivity index (χ2n) is 3.25. The van der Waals surface area contributed by atoms with E-state index in [-0.39, 0.29) is 0 Å². The van der Waals surface area contributed by atoms with Crippen LogP contribution in [0.15, 0.2) is 0 Å². The molecule has 2 heteroatoms. The monoisotopic (exact) mass is 141 g/mol. The van der Waals surface area contributed by atoms with E-state index in [0.29, 0.717) is 12.1 Å². The lowest BCUT2D eigenvalue weighted by Gasteiger charge is -2.16. The Balaban J connectivity index is 1.95. The second-order valence-corrected chi connectivity index (χ2v) is 3.25. The van der Waals surface area contributed by atoms with Crippen LogP contribution in [0.3, 0.4) is 0 Å². The highest BCUT2D eigenvalue weighted by Gasteiger charge is 2.28. The van der Waals surface area contributed by atoms with Crippen molar-refractivity contribution in [2.24, 2.45) is 0 Å². The van der Waals surface area contributed by atoms with Gasteiger partial charge in [-0.05, 0) is 32.2 Å². The van der Waals surface area contributed by atoms with Gasteiger partial charge in [-0.2, -0.15) is 0 Å². The summed E-state index contributed by atoms with van der Waals surface area (Å²) in [5.41, 5.74) is 0. The minimum atomic E-state index is 0.544. The molecule has 2 aliphatic rings. The maximum atomic E-state index is 5.66. The quantitative estimate of drug-likeness (QED) is 0.541. The first kappa shape index (κ1) is 6.62. The molecule has 0 aromatic rings. The van der Waals surface area contributed by atoms with E-state index in [9.17, 15) is 0 Å². The Hall–Kier alpha value is -0.0800. The van der Waals surface area contributed by atoms with Crippen LogP contribution >= 0.6 is 0 Å². The van der Waals surface area contributed by atoms with Gasteiger partial charge in [0.1, 0.15) is 0 Å². The normalized spacial score (nSPS) is 40.8. The SMILES string of the molecule is C1CN[C@H]2CCC[C@H]2OC1. The Kier molecular flexibility index (Phi) is 1.91. The van der Waals surface area contributed by atoms with Crippen LogP contribution in [0.1, 0.15) is 25.7 Å². The van der Waals surface area contributed by atoms with Crippen molar-refractivity contribution in [2.45, 2.75) is 37.8 Å². The molecule has 2 nitrogen and oxygen atoms in total. The summed E-state index contributed by atoms with van der Waals surface area (Å²) in [6.07, 6.45) is 5.68. The van der Waals surface area contributed by atoms with Crippen molar-refractivity contribution in [3.8, 4) is 0 Å².